The van der Waals surface area contributed by atoms with E-state index >= 15 is 0 Å². The number of hydrogen-bond acceptors (Lipinski definition) is 14. The first-order chi connectivity index (χ1) is 30.0. The fraction of sp³-hybridized carbons (Fsp3) is 0.477. The van der Waals surface area contributed by atoms with Gasteiger partial charge in [-0.25, -0.2) is 0 Å². The number of hydrogen-bond donors (Lipinski definition) is 13. The van der Waals surface area contributed by atoms with Crippen molar-refractivity contribution >= 4 is 75.9 Å². The molecule has 0 aliphatic heterocycles. The Labute approximate surface area is 385 Å². The van der Waals surface area contributed by atoms with Crippen LogP contribution >= 0.6 is 23.5 Å². The summed E-state index contributed by atoms with van der Waals surface area (Å²) in [6.07, 6.45) is 1.13. The summed E-state index contributed by atoms with van der Waals surface area (Å²) in [5.74, 6) is -0.816. The maximum Gasteiger partial charge on any atom is 0.255 e. The second kappa shape index (κ2) is 25.1. The summed E-state index contributed by atoms with van der Waals surface area (Å²) in [6.45, 7) is 13.6. The van der Waals surface area contributed by atoms with Crippen molar-refractivity contribution in [2.45, 2.75) is 106 Å². The Bertz CT molecular complexity index is 2100. The van der Waals surface area contributed by atoms with Gasteiger partial charge in [-0.15, -0.1) is 23.5 Å². The second-order valence-electron chi connectivity index (χ2n) is 17.3. The summed E-state index contributed by atoms with van der Waals surface area (Å²) in [7, 11) is 0. The first-order valence-electron chi connectivity index (χ1n) is 21.2. The lowest BCUT2D eigenvalue weighted by atomic mass is 9.86. The van der Waals surface area contributed by atoms with Crippen LogP contribution in [0.15, 0.2) is 63.3 Å². The van der Waals surface area contributed by atoms with Crippen LogP contribution in [0, 0.1) is 0 Å². The van der Waals surface area contributed by atoms with Gasteiger partial charge in [0.25, 0.3) is 11.8 Å². The third-order valence-corrected chi connectivity index (χ3v) is 12.1. The number of thioether (sulfide) groups is 2. The van der Waals surface area contributed by atoms with Gasteiger partial charge in [-0.05, 0) is 96.6 Å². The Morgan fingerprint density at radius 1 is 0.625 bits per heavy atom. The van der Waals surface area contributed by atoms with Crippen molar-refractivity contribution in [3.63, 3.8) is 0 Å². The van der Waals surface area contributed by atoms with Gasteiger partial charge in [0, 0.05) is 42.3 Å². The molecule has 0 aromatic heterocycles. The van der Waals surface area contributed by atoms with Crippen LogP contribution in [-0.4, -0.2) is 85.6 Å². The van der Waals surface area contributed by atoms with Crippen LogP contribution in [0.1, 0.15) is 99.1 Å². The molecule has 0 radical (unpaired) electrons. The highest BCUT2D eigenvalue weighted by molar-refractivity contribution is 7.99. The number of benzene rings is 3. The van der Waals surface area contributed by atoms with Gasteiger partial charge in [0.15, 0.2) is 5.96 Å². The summed E-state index contributed by atoms with van der Waals surface area (Å²) in [5, 5.41) is 15.0. The lowest BCUT2D eigenvalue weighted by molar-refractivity contribution is -0.118. The van der Waals surface area contributed by atoms with Crippen molar-refractivity contribution in [2.24, 2.45) is 50.9 Å². The standard InChI is InChI=1S/C44H70N14O4S2/c1-43(2,3)27-21-31(35(63-18-14-45)33(23-27)57-39(61)29(47)12-8-16-53-41(49)50)55-37(59)25-10-7-11-26(20-25)38(60)56-32-22-28(44(4,5)6)24-34(36(32)64-19-15-46)58-40(62)30(48)13-9-17-54-42(51)52/h7,10-11,20-24,29-30,41,53H,8-9,12-19,45-50H2,1-6H3,(H,55,59)(H,56,60)(H,57,61)(H,58,62)(H4,51,52,54)/t29-,30?/m1/s1. The molecule has 1 unspecified atom stereocenters. The smallest absolute Gasteiger partial charge is 0.255 e. The van der Waals surface area contributed by atoms with E-state index in [1.165, 1.54) is 29.6 Å². The quantitative estimate of drug-likeness (QED) is 0.0214. The molecule has 18 nitrogen and oxygen atoms in total. The lowest BCUT2D eigenvalue weighted by Crippen LogP contribution is -2.46. The van der Waals surface area contributed by atoms with Gasteiger partial charge in [0.05, 0.1) is 44.6 Å². The molecular formula is C44H70N14O4S2. The van der Waals surface area contributed by atoms with Gasteiger partial charge in [-0.3, -0.25) is 29.5 Å². The van der Waals surface area contributed by atoms with Crippen LogP contribution in [0.5, 0.6) is 0 Å². The molecule has 0 fully saturated rings. The van der Waals surface area contributed by atoms with Crippen LogP contribution in [0.2, 0.25) is 0 Å². The van der Waals surface area contributed by atoms with E-state index in [0.29, 0.717) is 95.9 Å². The highest BCUT2D eigenvalue weighted by Gasteiger charge is 2.26. The normalized spacial score (nSPS) is 12.6. The molecular weight excluding hydrogens is 853 g/mol. The van der Waals surface area contributed by atoms with Crippen LogP contribution < -0.4 is 72.5 Å². The fourth-order valence-electron chi connectivity index (χ4n) is 6.14. The molecule has 0 saturated carbocycles. The molecule has 3 aromatic rings. The van der Waals surface area contributed by atoms with Gasteiger partial charge in [-0.2, -0.15) is 0 Å². The molecule has 64 heavy (non-hydrogen) atoms. The molecule has 2 atom stereocenters. The van der Waals surface area contributed by atoms with Crippen molar-refractivity contribution in [3.8, 4) is 0 Å². The summed E-state index contributed by atoms with van der Waals surface area (Å²) in [6, 6.07) is 12.2. The fourth-order valence-corrected chi connectivity index (χ4v) is 7.85. The average Bonchev–Trinajstić information content (AvgIpc) is 3.22. The minimum atomic E-state index is -0.845. The van der Waals surface area contributed by atoms with Crippen LogP contribution in [-0.2, 0) is 20.4 Å². The number of aliphatic imine (C=N–C) groups is 1. The van der Waals surface area contributed by atoms with Crippen molar-refractivity contribution in [2.75, 3.05) is 59.0 Å². The molecule has 0 aliphatic carbocycles. The molecule has 3 aromatic carbocycles. The van der Waals surface area contributed by atoms with Crippen molar-refractivity contribution < 1.29 is 19.2 Å². The molecule has 0 spiro atoms. The molecule has 3 rings (SSSR count). The van der Waals surface area contributed by atoms with Gasteiger partial charge >= 0.3 is 0 Å². The number of nitrogens with zero attached hydrogens (tertiary/aromatic N) is 1. The molecule has 352 valence electrons. The largest absolute Gasteiger partial charge is 0.370 e. The Morgan fingerprint density at radius 3 is 1.41 bits per heavy atom. The maximum atomic E-state index is 14.1. The third kappa shape index (κ3) is 17.0. The number of rotatable bonds is 23. The first-order valence-corrected chi connectivity index (χ1v) is 23.2. The molecule has 21 N–H and O–H groups in total. The Morgan fingerprint density at radius 2 is 1.03 bits per heavy atom. The van der Waals surface area contributed by atoms with E-state index < -0.39 is 36.1 Å². The number of amides is 4. The zero-order valence-corrected chi connectivity index (χ0v) is 39.6. The van der Waals surface area contributed by atoms with Crippen molar-refractivity contribution in [3.05, 3.63) is 70.8 Å². The molecule has 0 bridgehead atoms. The minimum Gasteiger partial charge on any atom is -0.370 e. The van der Waals surface area contributed by atoms with Crippen LogP contribution in [0.25, 0.3) is 0 Å². The van der Waals surface area contributed by atoms with E-state index in [-0.39, 0.29) is 33.8 Å². The van der Waals surface area contributed by atoms with Crippen molar-refractivity contribution in [1.29, 1.82) is 0 Å². The monoisotopic (exact) mass is 923 g/mol. The average molecular weight is 923 g/mol. The Balaban J connectivity index is 1.98. The van der Waals surface area contributed by atoms with E-state index in [9.17, 15) is 19.2 Å². The van der Waals surface area contributed by atoms with E-state index in [4.69, 9.17) is 45.9 Å². The molecule has 0 heterocycles. The van der Waals surface area contributed by atoms with Crippen molar-refractivity contribution in [1.82, 2.24) is 5.32 Å². The molecule has 4 amide bonds. The van der Waals surface area contributed by atoms with Gasteiger partial charge in [0.2, 0.25) is 11.8 Å². The molecule has 20 heteroatoms. The second-order valence-corrected chi connectivity index (χ2v) is 19.5. The number of nitrogens with two attached hydrogens (primary N) is 8. The zero-order chi connectivity index (χ0) is 47.8. The lowest BCUT2D eigenvalue weighted by Gasteiger charge is -2.25. The van der Waals surface area contributed by atoms with E-state index in [0.717, 1.165) is 11.1 Å². The van der Waals surface area contributed by atoms with E-state index in [2.05, 4.69) is 31.6 Å². The summed E-state index contributed by atoms with van der Waals surface area (Å²) in [5.41, 5.74) is 49.6. The predicted molar refractivity (Wildman–Crippen MR) is 265 cm³/mol. The van der Waals surface area contributed by atoms with Gasteiger partial charge in [0.1, 0.15) is 6.29 Å². The maximum absolute atomic E-state index is 14.1. The molecule has 0 saturated heterocycles. The number of guanidine groups is 1. The number of carbonyl (C=O) groups excluding carboxylic acids is 4. The van der Waals surface area contributed by atoms with Crippen LogP contribution in [0.3, 0.4) is 0 Å². The predicted octanol–water partition coefficient (Wildman–Crippen LogP) is 3.04. The number of carbonyl (C=O) groups is 4. The van der Waals surface area contributed by atoms with Crippen LogP contribution in [0.4, 0.5) is 22.7 Å². The minimum absolute atomic E-state index is 0.0353. The van der Waals surface area contributed by atoms with Gasteiger partial charge < -0.3 is 67.1 Å². The number of nitrogens with one attached hydrogen (secondary N) is 5. The summed E-state index contributed by atoms with van der Waals surface area (Å²) < 4.78 is 0. The summed E-state index contributed by atoms with van der Waals surface area (Å²) >= 11 is 2.77. The number of anilines is 4. The van der Waals surface area contributed by atoms with E-state index in [1.54, 1.807) is 18.2 Å². The highest BCUT2D eigenvalue weighted by Crippen LogP contribution is 2.41. The Hall–Kier alpha value is -4.77. The molecule has 0 aliphatic rings. The zero-order valence-electron chi connectivity index (χ0n) is 37.9. The first kappa shape index (κ1) is 53.6. The highest BCUT2D eigenvalue weighted by atomic mass is 32.2. The SMILES string of the molecule is CC(C)(C)c1cc(NC(=O)c2cccc(C(=O)Nc3cc(C(C)(C)C)cc(NC(=O)[C@H](N)CCCNC(N)N)c3SCCN)c2)c(SCCN)c(NC(=O)C(N)CCCN=C(N)N)c1. The Kier molecular flexibility index (Phi) is 21.0. The van der Waals surface area contributed by atoms with Gasteiger partial charge in [-0.1, -0.05) is 47.6 Å². The van der Waals surface area contributed by atoms with E-state index in [1.807, 2.05) is 65.8 Å². The summed E-state index contributed by atoms with van der Waals surface area (Å²) in [4.78, 5) is 60.2. The topological polar surface area (TPSA) is 349 Å². The third-order valence-electron chi connectivity index (χ3n) is 9.75.